The minimum atomic E-state index is -0.0560. The van der Waals surface area contributed by atoms with Gasteiger partial charge in [-0.1, -0.05) is 30.0 Å². The molecule has 0 N–H and O–H groups in total. The van der Waals surface area contributed by atoms with Gasteiger partial charge in [0, 0.05) is 18.9 Å². The lowest BCUT2D eigenvalue weighted by Gasteiger charge is -2.11. The second-order valence-electron chi connectivity index (χ2n) is 5.48. The normalized spacial score (nSPS) is 15.6. The van der Waals surface area contributed by atoms with Crippen molar-refractivity contribution in [1.29, 1.82) is 0 Å². The molecule has 1 aromatic carbocycles. The second kappa shape index (κ2) is 8.33. The van der Waals surface area contributed by atoms with Crippen molar-refractivity contribution >= 4 is 40.3 Å². The van der Waals surface area contributed by atoms with Crippen molar-refractivity contribution in [3.8, 4) is 11.5 Å². The van der Waals surface area contributed by atoms with Crippen LogP contribution >= 0.6 is 24.0 Å². The predicted octanol–water partition coefficient (Wildman–Crippen LogP) is 3.89. The van der Waals surface area contributed by atoms with E-state index < -0.39 is 0 Å². The molecule has 0 bridgehead atoms. The molecule has 134 valence electrons. The van der Waals surface area contributed by atoms with Crippen molar-refractivity contribution in [2.24, 2.45) is 0 Å². The maximum absolute atomic E-state index is 12.3. The lowest BCUT2D eigenvalue weighted by molar-refractivity contribution is -0.121. The van der Waals surface area contributed by atoms with Gasteiger partial charge in [-0.2, -0.15) is 0 Å². The number of ether oxygens (including phenoxy) is 2. The first-order valence-corrected chi connectivity index (χ1v) is 9.30. The van der Waals surface area contributed by atoms with E-state index in [0.29, 0.717) is 33.9 Å². The van der Waals surface area contributed by atoms with Crippen molar-refractivity contribution in [3.63, 3.8) is 0 Å². The highest BCUT2D eigenvalue weighted by atomic mass is 32.2. The zero-order valence-electron chi connectivity index (χ0n) is 14.5. The van der Waals surface area contributed by atoms with E-state index in [-0.39, 0.29) is 5.91 Å². The Hall–Kier alpha value is -2.38. The molecule has 2 heterocycles. The smallest absolute Gasteiger partial charge is 0.266 e. The van der Waals surface area contributed by atoms with Gasteiger partial charge in [-0.25, -0.2) is 0 Å². The van der Waals surface area contributed by atoms with Crippen molar-refractivity contribution in [2.45, 2.75) is 13.5 Å². The summed E-state index contributed by atoms with van der Waals surface area (Å²) in [5.74, 6) is 1.20. The fourth-order valence-corrected chi connectivity index (χ4v) is 3.84. The van der Waals surface area contributed by atoms with Gasteiger partial charge in [-0.15, -0.1) is 0 Å². The summed E-state index contributed by atoms with van der Waals surface area (Å²) in [6.45, 7) is 2.91. The third-order valence-corrected chi connectivity index (χ3v) is 5.20. The number of thiocarbonyl (C=S) groups is 1. The minimum Gasteiger partial charge on any atom is -0.493 e. The summed E-state index contributed by atoms with van der Waals surface area (Å²) in [6, 6.07) is 9.38. The molecule has 0 atom stereocenters. The van der Waals surface area contributed by atoms with Crippen LogP contribution in [0.1, 0.15) is 18.1 Å². The number of methoxy groups -OCH3 is 1. The number of likely N-dealkylation sites (N-methyl/N-ethyl adjacent to an activating group) is 1. The van der Waals surface area contributed by atoms with Gasteiger partial charge in [0.05, 0.1) is 12.0 Å². The van der Waals surface area contributed by atoms with Crippen LogP contribution in [0.2, 0.25) is 0 Å². The van der Waals surface area contributed by atoms with E-state index in [0.717, 1.165) is 11.1 Å². The number of rotatable bonds is 6. The van der Waals surface area contributed by atoms with Crippen molar-refractivity contribution in [1.82, 2.24) is 9.88 Å². The number of carbonyl (C=O) groups is 1. The van der Waals surface area contributed by atoms with E-state index in [1.54, 1.807) is 24.4 Å². The van der Waals surface area contributed by atoms with Gasteiger partial charge in [-0.05, 0) is 48.4 Å². The first-order chi connectivity index (χ1) is 12.6. The van der Waals surface area contributed by atoms with E-state index >= 15 is 0 Å². The molecular formula is C19H18N2O3S2. The Morgan fingerprint density at radius 1 is 1.23 bits per heavy atom. The van der Waals surface area contributed by atoms with Crippen molar-refractivity contribution in [3.05, 3.63) is 58.8 Å². The molecule has 26 heavy (non-hydrogen) atoms. The van der Waals surface area contributed by atoms with Gasteiger partial charge >= 0.3 is 0 Å². The summed E-state index contributed by atoms with van der Waals surface area (Å²) in [6.07, 6.45) is 5.28. The summed E-state index contributed by atoms with van der Waals surface area (Å²) < 4.78 is 11.9. The van der Waals surface area contributed by atoms with Gasteiger partial charge in [0.15, 0.2) is 11.5 Å². The number of benzene rings is 1. The number of aromatic nitrogens is 1. The molecule has 1 amide bonds. The summed E-state index contributed by atoms with van der Waals surface area (Å²) in [5, 5.41) is 0. The molecule has 0 spiro atoms. The first kappa shape index (κ1) is 18.4. The SMILES string of the molecule is CCN1C(=O)/C(=C/c2ccc(OCc3ccncc3)c(OC)c2)SC1=S. The molecule has 1 aromatic heterocycles. The van der Waals surface area contributed by atoms with Gasteiger partial charge in [0.25, 0.3) is 5.91 Å². The van der Waals surface area contributed by atoms with Crippen LogP contribution in [0.3, 0.4) is 0 Å². The van der Waals surface area contributed by atoms with Gasteiger partial charge < -0.3 is 9.47 Å². The van der Waals surface area contributed by atoms with Crippen LogP contribution in [0.25, 0.3) is 6.08 Å². The number of hydrogen-bond acceptors (Lipinski definition) is 6. The first-order valence-electron chi connectivity index (χ1n) is 8.07. The molecule has 1 aliphatic heterocycles. The molecule has 1 fully saturated rings. The Kier molecular flexibility index (Phi) is 5.90. The van der Waals surface area contributed by atoms with Crippen molar-refractivity contribution < 1.29 is 14.3 Å². The third kappa shape index (κ3) is 4.05. The molecule has 1 aliphatic rings. The van der Waals surface area contributed by atoms with Gasteiger partial charge in [-0.3, -0.25) is 14.7 Å². The zero-order valence-corrected chi connectivity index (χ0v) is 16.1. The van der Waals surface area contributed by atoms with Crippen LogP contribution in [-0.2, 0) is 11.4 Å². The van der Waals surface area contributed by atoms with Crippen LogP contribution in [0.4, 0.5) is 0 Å². The molecular weight excluding hydrogens is 368 g/mol. The molecule has 0 radical (unpaired) electrons. The highest BCUT2D eigenvalue weighted by Crippen LogP contribution is 2.34. The molecule has 1 saturated heterocycles. The van der Waals surface area contributed by atoms with Gasteiger partial charge in [0.1, 0.15) is 10.9 Å². The maximum atomic E-state index is 12.3. The Labute approximate surface area is 162 Å². The highest BCUT2D eigenvalue weighted by Gasteiger charge is 2.30. The fraction of sp³-hybridized carbons (Fsp3) is 0.211. The third-order valence-electron chi connectivity index (χ3n) is 3.82. The lowest BCUT2D eigenvalue weighted by atomic mass is 10.2. The molecule has 5 nitrogen and oxygen atoms in total. The standard InChI is InChI=1S/C19H18N2O3S2/c1-3-21-18(22)17(26-19(21)25)11-14-4-5-15(16(10-14)23-2)24-12-13-6-8-20-9-7-13/h4-11H,3,12H2,1-2H3/b17-11-. The Bertz CT molecular complexity index is 853. The highest BCUT2D eigenvalue weighted by molar-refractivity contribution is 8.26. The molecule has 2 aromatic rings. The average Bonchev–Trinajstić information content (AvgIpc) is 2.94. The number of hydrogen-bond donors (Lipinski definition) is 0. The predicted molar refractivity (Wildman–Crippen MR) is 107 cm³/mol. The van der Waals surface area contributed by atoms with Crippen LogP contribution in [0.5, 0.6) is 11.5 Å². The average molecular weight is 386 g/mol. The second-order valence-corrected chi connectivity index (χ2v) is 7.16. The monoisotopic (exact) mass is 386 g/mol. The lowest BCUT2D eigenvalue weighted by Crippen LogP contribution is -2.27. The van der Waals surface area contributed by atoms with Gasteiger partial charge in [0.2, 0.25) is 0 Å². The van der Waals surface area contributed by atoms with Crippen molar-refractivity contribution in [2.75, 3.05) is 13.7 Å². The van der Waals surface area contributed by atoms with Crippen LogP contribution < -0.4 is 9.47 Å². The number of carbonyl (C=O) groups excluding carboxylic acids is 1. The fourth-order valence-electron chi connectivity index (χ4n) is 2.46. The van der Waals surface area contributed by atoms with E-state index in [4.69, 9.17) is 21.7 Å². The van der Waals surface area contributed by atoms with E-state index in [1.165, 1.54) is 11.8 Å². The van der Waals surface area contributed by atoms with E-state index in [1.807, 2.05) is 43.3 Å². The quantitative estimate of drug-likeness (QED) is 0.555. The number of nitrogens with zero attached hydrogens (tertiary/aromatic N) is 2. The summed E-state index contributed by atoms with van der Waals surface area (Å²) in [4.78, 5) is 18.5. The van der Waals surface area contributed by atoms with Crippen LogP contribution in [0, 0.1) is 0 Å². The zero-order chi connectivity index (χ0) is 18.5. The Morgan fingerprint density at radius 3 is 2.65 bits per heavy atom. The van der Waals surface area contributed by atoms with Crippen LogP contribution in [-0.4, -0.2) is 33.8 Å². The number of pyridine rings is 1. The molecule has 7 heteroatoms. The summed E-state index contributed by atoms with van der Waals surface area (Å²) >= 11 is 6.56. The topological polar surface area (TPSA) is 51.7 Å². The van der Waals surface area contributed by atoms with E-state index in [2.05, 4.69) is 4.98 Å². The number of amides is 1. The van der Waals surface area contributed by atoms with E-state index in [9.17, 15) is 4.79 Å². The summed E-state index contributed by atoms with van der Waals surface area (Å²) in [5.41, 5.74) is 1.88. The molecule has 0 aliphatic carbocycles. The Morgan fingerprint density at radius 2 is 2.00 bits per heavy atom. The number of thioether (sulfide) groups is 1. The molecule has 3 rings (SSSR count). The van der Waals surface area contributed by atoms with Crippen LogP contribution in [0.15, 0.2) is 47.6 Å². The largest absolute Gasteiger partial charge is 0.493 e. The Balaban J connectivity index is 1.77. The summed E-state index contributed by atoms with van der Waals surface area (Å²) in [7, 11) is 1.59. The minimum absolute atomic E-state index is 0.0560. The maximum Gasteiger partial charge on any atom is 0.266 e. The molecule has 0 unspecified atom stereocenters. The molecule has 0 saturated carbocycles.